The number of nitro benzene ring substituents is 1. The molecule has 158 valence electrons. The fourth-order valence-electron chi connectivity index (χ4n) is 3.01. The van der Waals surface area contributed by atoms with E-state index >= 15 is 0 Å². The van der Waals surface area contributed by atoms with E-state index in [1.54, 1.807) is 0 Å². The first-order chi connectivity index (χ1) is 14.1. The molecule has 1 amide bonds. The lowest BCUT2D eigenvalue weighted by atomic mass is 10.1. The van der Waals surface area contributed by atoms with Crippen LogP contribution in [-0.2, 0) is 26.0 Å². The van der Waals surface area contributed by atoms with Crippen molar-refractivity contribution in [2.75, 3.05) is 29.0 Å². The van der Waals surface area contributed by atoms with Gasteiger partial charge in [-0.05, 0) is 42.3 Å². The van der Waals surface area contributed by atoms with Gasteiger partial charge in [0.2, 0.25) is 10.0 Å². The zero-order chi connectivity index (χ0) is 22.1. The minimum Gasteiger partial charge on any atom is -0.452 e. The molecule has 0 radical (unpaired) electrons. The van der Waals surface area contributed by atoms with Crippen molar-refractivity contribution >= 4 is 50.6 Å². The van der Waals surface area contributed by atoms with Crippen molar-refractivity contribution in [2.24, 2.45) is 0 Å². The van der Waals surface area contributed by atoms with Gasteiger partial charge in [0.25, 0.3) is 11.6 Å². The highest BCUT2D eigenvalue weighted by Crippen LogP contribution is 2.31. The quantitative estimate of drug-likeness (QED) is 0.402. The van der Waals surface area contributed by atoms with Gasteiger partial charge in [0, 0.05) is 17.6 Å². The van der Waals surface area contributed by atoms with E-state index < -0.39 is 39.1 Å². The third-order valence-corrected chi connectivity index (χ3v) is 5.75. The van der Waals surface area contributed by atoms with Gasteiger partial charge in [-0.15, -0.1) is 0 Å². The van der Waals surface area contributed by atoms with Crippen molar-refractivity contribution in [2.45, 2.75) is 6.42 Å². The van der Waals surface area contributed by atoms with E-state index in [0.29, 0.717) is 17.7 Å². The number of carbonyl (C=O) groups excluding carboxylic acids is 2. The van der Waals surface area contributed by atoms with Gasteiger partial charge >= 0.3 is 5.97 Å². The maximum absolute atomic E-state index is 12.2. The van der Waals surface area contributed by atoms with Crippen LogP contribution in [0.3, 0.4) is 0 Å². The largest absolute Gasteiger partial charge is 0.452 e. The molecule has 2 aromatic rings. The van der Waals surface area contributed by atoms with E-state index in [1.165, 1.54) is 34.6 Å². The van der Waals surface area contributed by atoms with Crippen LogP contribution >= 0.6 is 11.6 Å². The van der Waals surface area contributed by atoms with E-state index in [9.17, 15) is 28.1 Å². The summed E-state index contributed by atoms with van der Waals surface area (Å²) in [6.07, 6.45) is 1.55. The van der Waals surface area contributed by atoms with Crippen LogP contribution in [0, 0.1) is 10.1 Å². The predicted molar refractivity (Wildman–Crippen MR) is 109 cm³/mol. The number of halogens is 1. The summed E-state index contributed by atoms with van der Waals surface area (Å²) in [4.78, 5) is 34.6. The molecule has 2 aromatic carbocycles. The molecule has 0 spiro atoms. The topological polar surface area (TPSA) is 136 Å². The van der Waals surface area contributed by atoms with E-state index in [4.69, 9.17) is 16.3 Å². The summed E-state index contributed by atoms with van der Waals surface area (Å²) in [6.45, 7) is -0.375. The molecule has 0 atom stereocenters. The Labute approximate surface area is 176 Å². The van der Waals surface area contributed by atoms with Crippen molar-refractivity contribution in [1.82, 2.24) is 0 Å². The van der Waals surface area contributed by atoms with Crippen molar-refractivity contribution in [3.05, 3.63) is 62.7 Å². The molecule has 0 aliphatic carbocycles. The van der Waals surface area contributed by atoms with Crippen LogP contribution in [0.2, 0.25) is 5.02 Å². The Morgan fingerprint density at radius 3 is 2.67 bits per heavy atom. The molecule has 1 aliphatic rings. The van der Waals surface area contributed by atoms with Crippen LogP contribution in [0.5, 0.6) is 0 Å². The SMILES string of the molecule is CS(=O)(=O)N1CCc2cc(C(=O)OCC(=O)Nc3ccc(Cl)cc3[N+](=O)[O-])ccc21. The Morgan fingerprint density at radius 2 is 2.00 bits per heavy atom. The number of nitrogens with one attached hydrogen (secondary N) is 1. The molecule has 1 N–H and O–H groups in total. The number of benzene rings is 2. The number of fused-ring (bicyclic) bond motifs is 1. The number of sulfonamides is 1. The van der Waals surface area contributed by atoms with Crippen LogP contribution in [0.15, 0.2) is 36.4 Å². The second-order valence-electron chi connectivity index (χ2n) is 6.47. The molecule has 1 aliphatic heterocycles. The molecule has 30 heavy (non-hydrogen) atoms. The Morgan fingerprint density at radius 1 is 1.27 bits per heavy atom. The zero-order valence-electron chi connectivity index (χ0n) is 15.6. The number of rotatable bonds is 6. The fourth-order valence-corrected chi connectivity index (χ4v) is 4.13. The molecule has 0 saturated heterocycles. The number of ether oxygens (including phenoxy) is 1. The van der Waals surface area contributed by atoms with Gasteiger partial charge in [-0.25, -0.2) is 13.2 Å². The smallest absolute Gasteiger partial charge is 0.338 e. The van der Waals surface area contributed by atoms with Gasteiger partial charge in [-0.1, -0.05) is 11.6 Å². The predicted octanol–water partition coefficient (Wildman–Crippen LogP) is 2.37. The molecule has 3 rings (SSSR count). The van der Waals surface area contributed by atoms with Crippen molar-refractivity contribution in [3.8, 4) is 0 Å². The Kier molecular flexibility index (Phi) is 5.94. The molecule has 1 heterocycles. The number of anilines is 2. The van der Waals surface area contributed by atoms with Crippen LogP contribution in [-0.4, -0.2) is 44.6 Å². The molecule has 0 saturated carbocycles. The molecule has 10 nitrogen and oxygen atoms in total. The third-order valence-electron chi connectivity index (χ3n) is 4.33. The number of esters is 1. The highest BCUT2D eigenvalue weighted by atomic mass is 35.5. The lowest BCUT2D eigenvalue weighted by molar-refractivity contribution is -0.383. The number of nitrogens with zero attached hydrogens (tertiary/aromatic N) is 2. The molecule has 0 bridgehead atoms. The summed E-state index contributed by atoms with van der Waals surface area (Å²) in [7, 11) is -3.40. The minimum atomic E-state index is -3.40. The monoisotopic (exact) mass is 453 g/mol. The van der Waals surface area contributed by atoms with E-state index in [1.807, 2.05) is 0 Å². The molecule has 0 aromatic heterocycles. The standard InChI is InChI=1S/C18H16ClN3O7S/c1-30(27,28)21-7-6-11-8-12(2-5-15(11)21)18(24)29-10-17(23)20-14-4-3-13(19)9-16(14)22(25)26/h2-5,8-9H,6-7,10H2,1H3,(H,20,23). The van der Waals surface area contributed by atoms with Crippen molar-refractivity contribution < 1.29 is 27.7 Å². The first kappa shape index (κ1) is 21.5. The molecule has 0 unspecified atom stereocenters. The average molecular weight is 454 g/mol. The Hall–Kier alpha value is -3.18. The second kappa shape index (κ2) is 8.28. The van der Waals surface area contributed by atoms with E-state index in [-0.39, 0.29) is 22.8 Å². The maximum atomic E-state index is 12.2. The molecule has 0 fully saturated rings. The van der Waals surface area contributed by atoms with Crippen LogP contribution in [0.4, 0.5) is 17.1 Å². The zero-order valence-corrected chi connectivity index (χ0v) is 17.2. The highest BCUT2D eigenvalue weighted by molar-refractivity contribution is 7.92. The van der Waals surface area contributed by atoms with Gasteiger partial charge in [-0.2, -0.15) is 0 Å². The van der Waals surface area contributed by atoms with Gasteiger partial charge in [0.05, 0.1) is 22.4 Å². The first-order valence-electron chi connectivity index (χ1n) is 8.58. The Bertz CT molecular complexity index is 1150. The summed E-state index contributed by atoms with van der Waals surface area (Å²) >= 11 is 5.72. The number of hydrogen-bond donors (Lipinski definition) is 1. The van der Waals surface area contributed by atoms with E-state index in [2.05, 4.69) is 5.32 Å². The Balaban J connectivity index is 1.64. The summed E-state index contributed by atoms with van der Waals surface area (Å²) in [5.74, 6) is -1.55. The lowest BCUT2D eigenvalue weighted by Gasteiger charge is -2.16. The van der Waals surface area contributed by atoms with Crippen LogP contribution in [0.1, 0.15) is 15.9 Å². The summed E-state index contributed by atoms with van der Waals surface area (Å²) in [5, 5.41) is 13.5. The van der Waals surface area contributed by atoms with Crippen molar-refractivity contribution in [1.29, 1.82) is 0 Å². The summed E-state index contributed by atoms with van der Waals surface area (Å²) in [6, 6.07) is 8.18. The molecular weight excluding hydrogens is 438 g/mol. The van der Waals surface area contributed by atoms with Crippen LogP contribution in [0.25, 0.3) is 0 Å². The fraction of sp³-hybridized carbons (Fsp3) is 0.222. The number of carbonyl (C=O) groups is 2. The second-order valence-corrected chi connectivity index (χ2v) is 8.81. The summed E-state index contributed by atoms with van der Waals surface area (Å²) in [5.41, 5.74) is 0.868. The lowest BCUT2D eigenvalue weighted by Crippen LogP contribution is -2.27. The number of amides is 1. The molecule has 12 heteroatoms. The van der Waals surface area contributed by atoms with E-state index in [0.717, 1.165) is 12.3 Å². The number of hydrogen-bond acceptors (Lipinski definition) is 7. The van der Waals surface area contributed by atoms with Crippen LogP contribution < -0.4 is 9.62 Å². The average Bonchev–Trinajstić information content (AvgIpc) is 3.11. The van der Waals surface area contributed by atoms with Gasteiger partial charge in [0.15, 0.2) is 6.61 Å². The van der Waals surface area contributed by atoms with Crippen molar-refractivity contribution in [3.63, 3.8) is 0 Å². The summed E-state index contributed by atoms with van der Waals surface area (Å²) < 4.78 is 29.8. The molecular formula is C18H16ClN3O7S. The minimum absolute atomic E-state index is 0.0798. The first-order valence-corrected chi connectivity index (χ1v) is 10.8. The van der Waals surface area contributed by atoms with Gasteiger partial charge < -0.3 is 10.1 Å². The normalized spacial score (nSPS) is 12.9. The van der Waals surface area contributed by atoms with Gasteiger partial charge in [0.1, 0.15) is 5.69 Å². The highest BCUT2D eigenvalue weighted by Gasteiger charge is 2.27. The maximum Gasteiger partial charge on any atom is 0.338 e. The van der Waals surface area contributed by atoms with Gasteiger partial charge in [-0.3, -0.25) is 19.2 Å². The third kappa shape index (κ3) is 4.69. The number of nitro groups is 1.